The SMILES string of the molecule is N.O=C(O)C(=O)O.[Ni]. The van der Waals surface area contributed by atoms with Gasteiger partial charge in [-0.05, 0) is 0 Å². The van der Waals surface area contributed by atoms with Crippen molar-refractivity contribution in [1.29, 1.82) is 0 Å². The molecular weight excluding hydrogens is 161 g/mol. The molecule has 0 aliphatic carbocycles. The van der Waals surface area contributed by atoms with Gasteiger partial charge in [-0.1, -0.05) is 0 Å². The molecule has 0 atom stereocenters. The number of hydrogen-bond acceptors (Lipinski definition) is 3. The van der Waals surface area contributed by atoms with Crippen molar-refractivity contribution in [3.8, 4) is 0 Å². The van der Waals surface area contributed by atoms with Crippen molar-refractivity contribution in [2.45, 2.75) is 0 Å². The van der Waals surface area contributed by atoms with Crippen LogP contribution in [0.2, 0.25) is 0 Å². The van der Waals surface area contributed by atoms with Crippen LogP contribution in [-0.4, -0.2) is 22.2 Å². The maximum Gasteiger partial charge on any atom is 0.414 e. The van der Waals surface area contributed by atoms with Gasteiger partial charge in [-0.25, -0.2) is 9.59 Å². The Bertz CT molecular complexity index is 80.0. The minimum Gasteiger partial charge on any atom is -0.473 e. The molecule has 6 heteroatoms. The Morgan fingerprint density at radius 1 is 1.00 bits per heavy atom. The Morgan fingerprint density at radius 2 is 1.12 bits per heavy atom. The molecular formula is C2H5NNiO4. The molecule has 0 aliphatic rings. The smallest absolute Gasteiger partial charge is 0.414 e. The molecule has 0 aromatic heterocycles. The summed E-state index contributed by atoms with van der Waals surface area (Å²) in [6.07, 6.45) is 0. The minimum atomic E-state index is -1.82. The van der Waals surface area contributed by atoms with Gasteiger partial charge in [0.25, 0.3) is 0 Å². The van der Waals surface area contributed by atoms with Crippen LogP contribution in [0.4, 0.5) is 0 Å². The van der Waals surface area contributed by atoms with Gasteiger partial charge in [0.05, 0.1) is 0 Å². The topological polar surface area (TPSA) is 110 Å². The van der Waals surface area contributed by atoms with Crippen molar-refractivity contribution >= 4 is 11.9 Å². The van der Waals surface area contributed by atoms with Gasteiger partial charge in [-0.3, -0.25) is 0 Å². The molecule has 5 nitrogen and oxygen atoms in total. The number of rotatable bonds is 0. The van der Waals surface area contributed by atoms with Crippen LogP contribution in [0.25, 0.3) is 0 Å². The molecule has 0 saturated carbocycles. The van der Waals surface area contributed by atoms with E-state index in [1.807, 2.05) is 0 Å². The summed E-state index contributed by atoms with van der Waals surface area (Å²) in [7, 11) is 0. The molecule has 0 saturated heterocycles. The van der Waals surface area contributed by atoms with Crippen LogP contribution >= 0.6 is 0 Å². The minimum absolute atomic E-state index is 0. The third kappa shape index (κ3) is 9.04. The van der Waals surface area contributed by atoms with E-state index in [4.69, 9.17) is 19.8 Å². The van der Waals surface area contributed by atoms with Crippen molar-refractivity contribution in [3.63, 3.8) is 0 Å². The fourth-order valence-corrected chi connectivity index (χ4v) is 0. The number of carbonyl (C=O) groups is 2. The van der Waals surface area contributed by atoms with E-state index in [-0.39, 0.29) is 22.6 Å². The van der Waals surface area contributed by atoms with Gasteiger partial charge < -0.3 is 16.4 Å². The van der Waals surface area contributed by atoms with Crippen molar-refractivity contribution in [2.75, 3.05) is 0 Å². The first-order valence-corrected chi connectivity index (χ1v) is 1.11. The molecule has 0 fully saturated rings. The number of carboxylic acid groups (broad SMARTS) is 2. The largest absolute Gasteiger partial charge is 0.473 e. The van der Waals surface area contributed by atoms with Crippen molar-refractivity contribution in [1.82, 2.24) is 6.15 Å². The first kappa shape index (κ1) is 15.7. The quantitative estimate of drug-likeness (QED) is 0.325. The van der Waals surface area contributed by atoms with Gasteiger partial charge in [0.1, 0.15) is 0 Å². The summed E-state index contributed by atoms with van der Waals surface area (Å²) < 4.78 is 0. The zero-order valence-corrected chi connectivity index (χ0v) is 4.72. The third-order valence-corrected chi connectivity index (χ3v) is 0.183. The summed E-state index contributed by atoms with van der Waals surface area (Å²) in [6, 6.07) is 0. The van der Waals surface area contributed by atoms with Gasteiger partial charge >= 0.3 is 11.9 Å². The van der Waals surface area contributed by atoms with Crippen LogP contribution < -0.4 is 6.15 Å². The fraction of sp³-hybridized carbons (Fsp3) is 0. The van der Waals surface area contributed by atoms with Gasteiger partial charge in [0, 0.05) is 16.5 Å². The second-order valence-corrected chi connectivity index (χ2v) is 0.610. The average Bonchev–Trinajstić information content (AvgIpc) is 1.36. The van der Waals surface area contributed by atoms with E-state index in [0.29, 0.717) is 0 Å². The van der Waals surface area contributed by atoms with Crippen LogP contribution in [0, 0.1) is 0 Å². The third-order valence-electron chi connectivity index (χ3n) is 0.183. The molecule has 0 heterocycles. The van der Waals surface area contributed by atoms with Crippen LogP contribution in [0.5, 0.6) is 0 Å². The van der Waals surface area contributed by atoms with Gasteiger partial charge in [0.2, 0.25) is 0 Å². The molecule has 0 spiro atoms. The Balaban J connectivity index is -0.000000125. The first-order valence-electron chi connectivity index (χ1n) is 1.11. The van der Waals surface area contributed by atoms with Crippen LogP contribution in [0.3, 0.4) is 0 Å². The van der Waals surface area contributed by atoms with Gasteiger partial charge in [-0.15, -0.1) is 0 Å². The van der Waals surface area contributed by atoms with Gasteiger partial charge in [-0.2, -0.15) is 0 Å². The van der Waals surface area contributed by atoms with Crippen LogP contribution in [-0.2, 0) is 26.1 Å². The summed E-state index contributed by atoms with van der Waals surface area (Å²) in [5.74, 6) is -3.65. The second-order valence-electron chi connectivity index (χ2n) is 0.610. The average molecular weight is 166 g/mol. The molecule has 5 N–H and O–H groups in total. The van der Waals surface area contributed by atoms with Crippen molar-refractivity contribution in [2.24, 2.45) is 0 Å². The van der Waals surface area contributed by atoms with E-state index in [1.165, 1.54) is 0 Å². The van der Waals surface area contributed by atoms with E-state index >= 15 is 0 Å². The summed E-state index contributed by atoms with van der Waals surface area (Å²) in [4.78, 5) is 18.2. The molecule has 0 unspecified atom stereocenters. The molecule has 0 radical (unpaired) electrons. The second kappa shape index (κ2) is 6.39. The van der Waals surface area contributed by atoms with E-state index < -0.39 is 11.9 Å². The zero-order chi connectivity index (χ0) is 5.15. The van der Waals surface area contributed by atoms with Crippen molar-refractivity contribution in [3.05, 3.63) is 0 Å². The summed E-state index contributed by atoms with van der Waals surface area (Å²) in [6.45, 7) is 0. The number of aliphatic carboxylic acids is 2. The maximum absolute atomic E-state index is 9.10. The van der Waals surface area contributed by atoms with Crippen molar-refractivity contribution < 1.29 is 36.3 Å². The predicted molar refractivity (Wildman–Crippen MR) is 20.3 cm³/mol. The predicted octanol–water partition coefficient (Wildman–Crippen LogP) is -0.685. The van der Waals surface area contributed by atoms with E-state index in [1.54, 1.807) is 0 Å². The molecule has 0 bridgehead atoms. The van der Waals surface area contributed by atoms with Gasteiger partial charge in [0.15, 0.2) is 0 Å². The monoisotopic (exact) mass is 165 g/mol. The molecule has 8 heavy (non-hydrogen) atoms. The molecule has 0 aromatic rings. The first-order chi connectivity index (χ1) is 2.64. The van der Waals surface area contributed by atoms with E-state index in [2.05, 4.69) is 0 Å². The Hall–Kier alpha value is -0.606. The summed E-state index contributed by atoms with van der Waals surface area (Å²) in [5, 5.41) is 14.8. The van der Waals surface area contributed by atoms with Crippen LogP contribution in [0.1, 0.15) is 0 Å². The normalized spacial score (nSPS) is 5.50. The molecule has 52 valence electrons. The number of carboxylic acids is 2. The molecule has 0 rings (SSSR count). The summed E-state index contributed by atoms with van der Waals surface area (Å²) in [5.41, 5.74) is 0. The van der Waals surface area contributed by atoms with E-state index in [0.717, 1.165) is 0 Å². The fourth-order valence-electron chi connectivity index (χ4n) is 0. The molecule has 0 aliphatic heterocycles. The molecule has 0 amide bonds. The Labute approximate surface area is 55.2 Å². The summed E-state index contributed by atoms with van der Waals surface area (Å²) >= 11 is 0. The Kier molecular flexibility index (Phi) is 12.5. The number of hydrogen-bond donors (Lipinski definition) is 3. The van der Waals surface area contributed by atoms with E-state index in [9.17, 15) is 0 Å². The zero-order valence-electron chi connectivity index (χ0n) is 3.73. The maximum atomic E-state index is 9.10. The van der Waals surface area contributed by atoms with Crippen LogP contribution in [0.15, 0.2) is 0 Å². The molecule has 0 aromatic carbocycles. The Morgan fingerprint density at radius 3 is 1.12 bits per heavy atom. The standard InChI is InChI=1S/C2H2O4.H3N.Ni/c3-1(4)2(5)6;;/h(H,3,4)(H,5,6);1H3;.